The molecule has 4 nitrogen and oxygen atoms in total. The van der Waals surface area contributed by atoms with Gasteiger partial charge < -0.3 is 15.2 Å². The molecule has 2 unspecified atom stereocenters. The van der Waals surface area contributed by atoms with Gasteiger partial charge in [-0.1, -0.05) is 18.2 Å². The lowest BCUT2D eigenvalue weighted by molar-refractivity contribution is -0.143. The number of aromatic nitrogens is 1. The normalized spacial score (nSPS) is 19.1. The quantitative estimate of drug-likeness (QED) is 0.405. The van der Waals surface area contributed by atoms with Crippen molar-refractivity contribution in [3.63, 3.8) is 0 Å². The van der Waals surface area contributed by atoms with Gasteiger partial charge in [0.2, 0.25) is 0 Å². The summed E-state index contributed by atoms with van der Waals surface area (Å²) in [6.07, 6.45) is -7.27. The van der Waals surface area contributed by atoms with Crippen molar-refractivity contribution in [3.8, 4) is 0 Å². The molecular formula is C24H23F6N3O. The molecule has 0 bridgehead atoms. The summed E-state index contributed by atoms with van der Waals surface area (Å²) in [6.45, 7) is 2.16. The van der Waals surface area contributed by atoms with E-state index in [9.17, 15) is 31.1 Å². The molecule has 2 aromatic carbocycles. The van der Waals surface area contributed by atoms with Gasteiger partial charge in [0, 0.05) is 23.6 Å². The maximum atomic E-state index is 13.2. The minimum Gasteiger partial charge on any atom is -0.361 e. The monoisotopic (exact) mass is 483 g/mol. The number of hydrogen-bond acceptors (Lipinski definition) is 1. The number of alkyl halides is 6. The van der Waals surface area contributed by atoms with Crippen LogP contribution in [0.15, 0.2) is 48.7 Å². The zero-order valence-corrected chi connectivity index (χ0v) is 18.2. The molecule has 4 rings (SSSR count). The van der Waals surface area contributed by atoms with Crippen molar-refractivity contribution < 1.29 is 31.1 Å². The first-order valence-corrected chi connectivity index (χ1v) is 10.9. The predicted octanol–water partition coefficient (Wildman–Crippen LogP) is 6.16. The van der Waals surface area contributed by atoms with E-state index in [2.05, 4.69) is 10.3 Å². The van der Waals surface area contributed by atoms with Crippen LogP contribution >= 0.6 is 0 Å². The molecule has 0 radical (unpaired) electrons. The minimum absolute atomic E-state index is 0.0342. The van der Waals surface area contributed by atoms with Crippen molar-refractivity contribution in [1.29, 1.82) is 0 Å². The molecule has 34 heavy (non-hydrogen) atoms. The lowest BCUT2D eigenvalue weighted by Gasteiger charge is -2.26. The van der Waals surface area contributed by atoms with E-state index in [-0.39, 0.29) is 42.6 Å². The Morgan fingerprint density at radius 1 is 0.971 bits per heavy atom. The van der Waals surface area contributed by atoms with E-state index in [0.717, 1.165) is 28.6 Å². The molecule has 0 saturated carbocycles. The summed E-state index contributed by atoms with van der Waals surface area (Å²) in [6, 6.07) is 8.30. The van der Waals surface area contributed by atoms with Crippen LogP contribution in [0.4, 0.5) is 31.1 Å². The Morgan fingerprint density at radius 2 is 1.62 bits per heavy atom. The Balaban J connectivity index is 1.59. The van der Waals surface area contributed by atoms with Gasteiger partial charge in [0.05, 0.1) is 23.2 Å². The molecule has 10 heteroatoms. The molecule has 2 atom stereocenters. The van der Waals surface area contributed by atoms with Gasteiger partial charge in [-0.05, 0) is 61.6 Å². The highest BCUT2D eigenvalue weighted by Crippen LogP contribution is 2.37. The molecule has 0 aliphatic carbocycles. The van der Waals surface area contributed by atoms with Gasteiger partial charge in [-0.25, -0.2) is 4.79 Å². The van der Waals surface area contributed by atoms with Crippen molar-refractivity contribution in [2.75, 3.05) is 6.54 Å². The summed E-state index contributed by atoms with van der Waals surface area (Å²) >= 11 is 0. The first-order chi connectivity index (χ1) is 16.0. The van der Waals surface area contributed by atoms with Gasteiger partial charge in [-0.3, -0.25) is 0 Å². The van der Waals surface area contributed by atoms with Crippen LogP contribution in [-0.4, -0.2) is 34.5 Å². The second-order valence-electron chi connectivity index (χ2n) is 8.43. The fourth-order valence-electron chi connectivity index (χ4n) is 4.64. The second kappa shape index (κ2) is 8.88. The van der Waals surface area contributed by atoms with E-state index in [4.69, 9.17) is 0 Å². The summed E-state index contributed by atoms with van der Waals surface area (Å²) < 4.78 is 79.3. The topological polar surface area (TPSA) is 48.1 Å². The van der Waals surface area contributed by atoms with Gasteiger partial charge in [0.15, 0.2) is 0 Å². The average molecular weight is 483 g/mol. The summed E-state index contributed by atoms with van der Waals surface area (Å²) in [5.74, 6) is 0. The number of aryl methyl sites for hydroxylation is 1. The highest BCUT2D eigenvalue weighted by molar-refractivity contribution is 5.83. The van der Waals surface area contributed by atoms with E-state index in [1.807, 2.05) is 30.5 Å². The number of nitrogens with zero attached hydrogens (tertiary/aromatic N) is 1. The third-order valence-electron chi connectivity index (χ3n) is 6.27. The molecule has 182 valence electrons. The number of rotatable bonds is 6. The van der Waals surface area contributed by atoms with Crippen molar-refractivity contribution in [1.82, 2.24) is 15.2 Å². The van der Waals surface area contributed by atoms with Crippen molar-refractivity contribution in [2.24, 2.45) is 0 Å². The summed E-state index contributed by atoms with van der Waals surface area (Å²) in [7, 11) is 0. The Kier molecular flexibility index (Phi) is 6.26. The van der Waals surface area contributed by atoms with Gasteiger partial charge in [-0.15, -0.1) is 0 Å². The number of likely N-dealkylation sites (N-methyl/N-ethyl adjacent to an activating group) is 1. The number of halogens is 6. The first-order valence-electron chi connectivity index (χ1n) is 10.9. The molecule has 1 fully saturated rings. The number of carbonyl (C=O) groups excluding carboxylic acids is 1. The Morgan fingerprint density at radius 3 is 2.24 bits per heavy atom. The van der Waals surface area contributed by atoms with Crippen LogP contribution in [0.25, 0.3) is 10.9 Å². The highest BCUT2D eigenvalue weighted by atomic mass is 19.4. The van der Waals surface area contributed by atoms with Gasteiger partial charge in [0.25, 0.3) is 0 Å². The largest absolute Gasteiger partial charge is 0.416 e. The second-order valence-corrected chi connectivity index (χ2v) is 8.43. The number of amides is 2. The lowest BCUT2D eigenvalue weighted by Crippen LogP contribution is -2.38. The van der Waals surface area contributed by atoms with Crippen LogP contribution in [0.1, 0.15) is 35.6 Å². The number of H-pyrrole nitrogens is 1. The van der Waals surface area contributed by atoms with E-state index in [0.29, 0.717) is 13.0 Å². The minimum atomic E-state index is -4.89. The zero-order chi connectivity index (χ0) is 24.7. The summed E-state index contributed by atoms with van der Waals surface area (Å²) in [5.41, 5.74) is -0.818. The molecule has 3 aromatic rings. The van der Waals surface area contributed by atoms with E-state index >= 15 is 0 Å². The summed E-state index contributed by atoms with van der Waals surface area (Å²) in [5, 5.41) is 3.93. The van der Waals surface area contributed by atoms with Gasteiger partial charge in [0.1, 0.15) is 0 Å². The van der Waals surface area contributed by atoms with Crippen LogP contribution in [0.5, 0.6) is 0 Å². The highest BCUT2D eigenvalue weighted by Gasteiger charge is 2.39. The first kappa shape index (κ1) is 24.0. The van der Waals surface area contributed by atoms with Gasteiger partial charge in [-0.2, -0.15) is 26.3 Å². The molecule has 1 aromatic heterocycles. The zero-order valence-electron chi connectivity index (χ0n) is 18.2. The van der Waals surface area contributed by atoms with E-state index in [1.165, 1.54) is 0 Å². The van der Waals surface area contributed by atoms with Crippen LogP contribution in [0.3, 0.4) is 0 Å². The Labute approximate surface area is 191 Å². The van der Waals surface area contributed by atoms with Gasteiger partial charge >= 0.3 is 18.4 Å². The SMILES string of the molecule is CCN1C(=O)NC(Cc2c[nH]c3ccccc23)C1CCc1cc(C(F)(F)F)cc(C(F)(F)F)c1. The molecule has 0 spiro atoms. The molecular weight excluding hydrogens is 460 g/mol. The van der Waals surface area contributed by atoms with Crippen molar-refractivity contribution in [2.45, 2.75) is 50.6 Å². The average Bonchev–Trinajstić information content (AvgIpc) is 3.31. The Bertz CT molecular complexity index is 1150. The molecule has 1 aliphatic heterocycles. The van der Waals surface area contributed by atoms with Crippen LogP contribution in [-0.2, 0) is 25.2 Å². The number of hydrogen-bond donors (Lipinski definition) is 2. The van der Waals surface area contributed by atoms with Crippen LogP contribution in [0, 0.1) is 0 Å². The number of nitrogens with one attached hydrogen (secondary N) is 2. The van der Waals surface area contributed by atoms with E-state index < -0.39 is 23.5 Å². The van der Waals surface area contributed by atoms with E-state index in [1.54, 1.807) is 11.8 Å². The molecule has 2 amide bonds. The maximum Gasteiger partial charge on any atom is 0.416 e. The predicted molar refractivity (Wildman–Crippen MR) is 115 cm³/mol. The third-order valence-corrected chi connectivity index (χ3v) is 6.27. The number of carbonyl (C=O) groups is 1. The summed E-state index contributed by atoms with van der Waals surface area (Å²) in [4.78, 5) is 17.3. The van der Waals surface area contributed by atoms with Crippen LogP contribution in [0.2, 0.25) is 0 Å². The molecule has 1 saturated heterocycles. The third kappa shape index (κ3) is 4.85. The van der Waals surface area contributed by atoms with Crippen LogP contribution < -0.4 is 5.32 Å². The smallest absolute Gasteiger partial charge is 0.361 e. The maximum absolute atomic E-state index is 13.2. The number of urea groups is 1. The molecule has 1 aliphatic rings. The lowest BCUT2D eigenvalue weighted by atomic mass is 9.93. The number of para-hydroxylation sites is 1. The molecule has 2 N–H and O–H groups in total. The fourth-order valence-corrected chi connectivity index (χ4v) is 4.64. The number of aromatic amines is 1. The van der Waals surface area contributed by atoms with Crippen molar-refractivity contribution >= 4 is 16.9 Å². The number of fused-ring (bicyclic) bond motifs is 1. The Hall–Kier alpha value is -3.17. The standard InChI is InChI=1S/C24H23F6N3O/c1-2-33-21(8-7-14-9-16(23(25,26)27)12-17(10-14)24(28,29)30)20(32-22(33)34)11-15-13-31-19-6-4-3-5-18(15)19/h3-6,9-10,12-13,20-21,31H,2,7-8,11H2,1H3,(H,32,34). The van der Waals surface area contributed by atoms with Crippen molar-refractivity contribution in [3.05, 3.63) is 70.9 Å². The fraction of sp³-hybridized carbons (Fsp3) is 0.375. The number of benzene rings is 2. The molecule has 2 heterocycles.